The van der Waals surface area contributed by atoms with Gasteiger partial charge in [0.25, 0.3) is 0 Å². The van der Waals surface area contributed by atoms with Gasteiger partial charge in [0.15, 0.2) is 0 Å². The van der Waals surface area contributed by atoms with Gasteiger partial charge in [-0.2, -0.15) is 5.01 Å². The Morgan fingerprint density at radius 1 is 0.786 bits per heavy atom. The first-order chi connectivity index (χ1) is 13.7. The number of amides is 2. The highest BCUT2D eigenvalue weighted by atomic mass is 19.1. The minimum absolute atomic E-state index is 0.0284. The average Bonchev–Trinajstić information content (AvgIpc) is 3.32. The molecule has 0 bridgehead atoms. The van der Waals surface area contributed by atoms with Crippen molar-refractivity contribution in [3.8, 4) is 11.1 Å². The number of hydrogen-bond donors (Lipinski definition) is 0. The molecule has 2 fully saturated rings. The van der Waals surface area contributed by atoms with Crippen molar-refractivity contribution >= 4 is 11.7 Å². The highest BCUT2D eigenvalue weighted by Crippen LogP contribution is 2.40. The van der Waals surface area contributed by atoms with Crippen LogP contribution in [0.4, 0.5) is 14.9 Å². The molecule has 0 saturated carbocycles. The molecule has 28 heavy (non-hydrogen) atoms. The maximum Gasteiger partial charge on any atom is 0.340 e. The van der Waals surface area contributed by atoms with Gasteiger partial charge in [0.1, 0.15) is 12.0 Å². The first-order valence-corrected chi connectivity index (χ1v) is 9.50. The van der Waals surface area contributed by atoms with Crippen LogP contribution in [0.15, 0.2) is 78.9 Å². The smallest absolute Gasteiger partial charge is 0.271 e. The monoisotopic (exact) mass is 373 g/mol. The molecule has 0 N–H and O–H groups in total. The number of carbonyl (C=O) groups is 1. The fourth-order valence-electron chi connectivity index (χ4n) is 4.11. The van der Waals surface area contributed by atoms with Crippen molar-refractivity contribution in [2.45, 2.75) is 12.6 Å². The van der Waals surface area contributed by atoms with E-state index in [2.05, 4.69) is 17.1 Å². The van der Waals surface area contributed by atoms with Crippen molar-refractivity contribution in [3.05, 3.63) is 90.2 Å². The Balaban J connectivity index is 1.53. The number of urea groups is 1. The van der Waals surface area contributed by atoms with E-state index in [1.807, 2.05) is 42.5 Å². The zero-order chi connectivity index (χ0) is 19.1. The molecule has 3 aromatic carbocycles. The second kappa shape index (κ2) is 6.77. The van der Waals surface area contributed by atoms with Gasteiger partial charge in [0.05, 0.1) is 0 Å². The van der Waals surface area contributed by atoms with Gasteiger partial charge in [0.2, 0.25) is 0 Å². The highest BCUT2D eigenvalue weighted by molar-refractivity contribution is 5.95. The Bertz CT molecular complexity index is 989. The van der Waals surface area contributed by atoms with Crippen LogP contribution in [0.3, 0.4) is 0 Å². The van der Waals surface area contributed by atoms with E-state index in [9.17, 15) is 9.18 Å². The maximum atomic E-state index is 13.4. The van der Waals surface area contributed by atoms with E-state index < -0.39 is 0 Å². The summed E-state index contributed by atoms with van der Waals surface area (Å²) in [5, 5.41) is 3.89. The molecule has 0 aliphatic carbocycles. The molecule has 1 unspecified atom stereocenters. The lowest BCUT2D eigenvalue weighted by molar-refractivity contribution is 0.0727. The molecule has 2 aliphatic heterocycles. The third-order valence-corrected chi connectivity index (χ3v) is 5.44. The summed E-state index contributed by atoms with van der Waals surface area (Å²) in [7, 11) is 0. The summed E-state index contributed by atoms with van der Waals surface area (Å²) in [5.41, 5.74) is 4.00. The van der Waals surface area contributed by atoms with Crippen molar-refractivity contribution < 1.29 is 9.18 Å². The second-order valence-corrected chi connectivity index (χ2v) is 7.13. The molecule has 3 aromatic rings. The summed E-state index contributed by atoms with van der Waals surface area (Å²) in [6, 6.07) is 24.6. The van der Waals surface area contributed by atoms with Crippen LogP contribution in [0, 0.1) is 5.82 Å². The summed E-state index contributed by atoms with van der Waals surface area (Å²) >= 11 is 0. The van der Waals surface area contributed by atoms with Crippen LogP contribution in [0.2, 0.25) is 0 Å². The van der Waals surface area contributed by atoms with Crippen LogP contribution < -0.4 is 4.90 Å². The number of rotatable bonds is 3. The van der Waals surface area contributed by atoms with Crippen molar-refractivity contribution in [1.29, 1.82) is 0 Å². The highest BCUT2D eigenvalue weighted by Gasteiger charge is 2.47. The molecule has 2 saturated heterocycles. The molecule has 0 aromatic heterocycles. The van der Waals surface area contributed by atoms with E-state index in [4.69, 9.17) is 0 Å². The lowest BCUT2D eigenvalue weighted by Gasteiger charge is -2.28. The van der Waals surface area contributed by atoms with Gasteiger partial charge < -0.3 is 0 Å². The zero-order valence-electron chi connectivity index (χ0n) is 15.3. The Morgan fingerprint density at radius 2 is 1.46 bits per heavy atom. The van der Waals surface area contributed by atoms with Gasteiger partial charge in [-0.15, -0.1) is 0 Å². The minimum Gasteiger partial charge on any atom is -0.271 e. The number of benzene rings is 3. The average molecular weight is 373 g/mol. The fraction of sp³-hybridized carbons (Fsp3) is 0.174. The number of hydrogen-bond acceptors (Lipinski definition) is 2. The number of fused-ring (bicyclic) bond motifs is 1. The Morgan fingerprint density at radius 3 is 2.18 bits per heavy atom. The molecular weight excluding hydrogens is 353 g/mol. The Labute approximate surface area is 163 Å². The van der Waals surface area contributed by atoms with Gasteiger partial charge in [-0.25, -0.2) is 9.18 Å². The summed E-state index contributed by atoms with van der Waals surface area (Å²) < 4.78 is 13.4. The lowest BCUT2D eigenvalue weighted by Crippen LogP contribution is -2.32. The first kappa shape index (κ1) is 17.0. The minimum atomic E-state index is -0.273. The predicted octanol–water partition coefficient (Wildman–Crippen LogP) is 5.05. The predicted molar refractivity (Wildman–Crippen MR) is 107 cm³/mol. The van der Waals surface area contributed by atoms with Crippen LogP contribution in [0.5, 0.6) is 0 Å². The number of halogens is 1. The van der Waals surface area contributed by atoms with Crippen molar-refractivity contribution in [3.63, 3.8) is 0 Å². The summed E-state index contributed by atoms with van der Waals surface area (Å²) in [6.45, 7) is 1.53. The number of nitrogens with zero attached hydrogens (tertiary/aromatic N) is 3. The van der Waals surface area contributed by atoms with Gasteiger partial charge in [-0.05, 0) is 47.4 Å². The number of hydrazine groups is 1. The van der Waals surface area contributed by atoms with Crippen LogP contribution in [0.25, 0.3) is 11.1 Å². The van der Waals surface area contributed by atoms with Crippen LogP contribution in [0.1, 0.15) is 18.2 Å². The van der Waals surface area contributed by atoms with E-state index in [-0.39, 0.29) is 18.0 Å². The van der Waals surface area contributed by atoms with Gasteiger partial charge in [-0.3, -0.25) is 9.91 Å². The van der Waals surface area contributed by atoms with Crippen LogP contribution in [-0.4, -0.2) is 29.1 Å². The molecule has 0 spiro atoms. The van der Waals surface area contributed by atoms with E-state index in [0.717, 1.165) is 41.9 Å². The Hall–Kier alpha value is -3.18. The molecule has 4 nitrogen and oxygen atoms in total. The first-order valence-electron chi connectivity index (χ1n) is 9.50. The van der Waals surface area contributed by atoms with Gasteiger partial charge in [0, 0.05) is 18.8 Å². The molecule has 1 atom stereocenters. The molecule has 2 heterocycles. The molecule has 2 amide bonds. The second-order valence-electron chi connectivity index (χ2n) is 7.13. The third kappa shape index (κ3) is 2.75. The Kier molecular flexibility index (Phi) is 4.10. The molecule has 0 radical (unpaired) electrons. The maximum absolute atomic E-state index is 13.4. The normalized spacial score (nSPS) is 19.3. The van der Waals surface area contributed by atoms with Gasteiger partial charge in [-0.1, -0.05) is 54.6 Å². The largest absolute Gasteiger partial charge is 0.340 e. The van der Waals surface area contributed by atoms with E-state index in [1.54, 1.807) is 22.0 Å². The zero-order valence-corrected chi connectivity index (χ0v) is 15.3. The quantitative estimate of drug-likeness (QED) is 0.642. The topological polar surface area (TPSA) is 26.8 Å². The molecular formula is C23H20FN3O. The number of carbonyl (C=O) groups excluding carboxylic acids is 1. The van der Waals surface area contributed by atoms with E-state index >= 15 is 0 Å². The van der Waals surface area contributed by atoms with Crippen molar-refractivity contribution in [1.82, 2.24) is 10.0 Å². The molecule has 5 rings (SSSR count). The standard InChI is InChI=1S/C23H20FN3O/c24-20-11-7-19(8-12-20)22-25-15-4-16-26(25)23(28)27(22)21-13-9-18(10-14-21)17-5-2-1-3-6-17/h1-3,5-14,22H,4,15-16H2. The molecule has 5 heteroatoms. The van der Waals surface area contributed by atoms with Crippen LogP contribution in [-0.2, 0) is 0 Å². The van der Waals surface area contributed by atoms with Crippen molar-refractivity contribution in [2.24, 2.45) is 0 Å². The van der Waals surface area contributed by atoms with Gasteiger partial charge >= 0.3 is 6.03 Å². The van der Waals surface area contributed by atoms with Crippen LogP contribution >= 0.6 is 0 Å². The summed E-state index contributed by atoms with van der Waals surface area (Å²) in [4.78, 5) is 14.9. The SMILES string of the molecule is O=C1N(c2ccc(-c3ccccc3)cc2)C(c2ccc(F)cc2)N2CCCN12. The third-order valence-electron chi connectivity index (χ3n) is 5.44. The lowest BCUT2D eigenvalue weighted by atomic mass is 10.0. The summed E-state index contributed by atoms with van der Waals surface area (Å²) in [6.07, 6.45) is 0.697. The van der Waals surface area contributed by atoms with E-state index in [0.29, 0.717) is 0 Å². The van der Waals surface area contributed by atoms with Crippen molar-refractivity contribution in [2.75, 3.05) is 18.0 Å². The van der Waals surface area contributed by atoms with E-state index in [1.165, 1.54) is 12.1 Å². The fourth-order valence-corrected chi connectivity index (χ4v) is 4.11. The molecule has 2 aliphatic rings. The number of anilines is 1. The summed E-state index contributed by atoms with van der Waals surface area (Å²) in [5.74, 6) is -0.273. The molecule has 140 valence electrons.